The molecule has 10 atom stereocenters. The van der Waals surface area contributed by atoms with Crippen LogP contribution < -0.4 is 0 Å². The van der Waals surface area contributed by atoms with Crippen molar-refractivity contribution in [3.8, 4) is 0 Å². The lowest BCUT2D eigenvalue weighted by Crippen LogP contribution is -2.58. The lowest BCUT2D eigenvalue weighted by Gasteiger charge is -2.48. The van der Waals surface area contributed by atoms with Crippen molar-refractivity contribution in [2.75, 3.05) is 0 Å². The topological polar surface area (TPSA) is 108 Å². The molecule has 8 nitrogen and oxygen atoms in total. The molecule has 0 aromatic carbocycles. The summed E-state index contributed by atoms with van der Waals surface area (Å²) in [5, 5.41) is 11.7. The van der Waals surface area contributed by atoms with Crippen molar-refractivity contribution >= 4 is 17.9 Å². The minimum Gasteiger partial charge on any atom is -0.458 e. The van der Waals surface area contributed by atoms with E-state index in [-0.39, 0.29) is 60.5 Å². The van der Waals surface area contributed by atoms with E-state index in [9.17, 15) is 19.5 Å². The van der Waals surface area contributed by atoms with Crippen LogP contribution in [0.5, 0.6) is 0 Å². The van der Waals surface area contributed by atoms with Gasteiger partial charge in [0.15, 0.2) is 5.60 Å². The van der Waals surface area contributed by atoms with Crippen molar-refractivity contribution < 1.29 is 38.4 Å². The summed E-state index contributed by atoms with van der Waals surface area (Å²) in [7, 11) is 0. The number of fused-ring (bicyclic) bond motifs is 2. The quantitative estimate of drug-likeness (QED) is 0.0960. The standard InChI is InChI=1S/C36H58O8/c1-7-9-11-13-15-17-29(37)41-26-22-28(43-30(38)18-16-14-12-10-8-2)36(6)33-31-25(24(4)34(39)44-36)19-20-35(5,40)32(31)27(42-33)21-23(26)3/h24-28,31-33,40H,3,7-22H2,1-2,4-6H3/t24-,25+,26-,27+,28-,31+,32+,33+,35-,36+/m1/s1. The highest BCUT2D eigenvalue weighted by Crippen LogP contribution is 2.59. The maximum absolute atomic E-state index is 13.6. The second-order valence-corrected chi connectivity index (χ2v) is 14.5. The van der Waals surface area contributed by atoms with Crippen LogP contribution in [0.3, 0.4) is 0 Å². The zero-order valence-corrected chi connectivity index (χ0v) is 27.9. The Morgan fingerprint density at radius 3 is 2.16 bits per heavy atom. The molecule has 1 N–H and O–H groups in total. The van der Waals surface area contributed by atoms with E-state index >= 15 is 0 Å². The van der Waals surface area contributed by atoms with E-state index in [1.54, 1.807) is 0 Å². The van der Waals surface area contributed by atoms with Gasteiger partial charge in [0.25, 0.3) is 0 Å². The van der Waals surface area contributed by atoms with Gasteiger partial charge in [0.05, 0.1) is 17.6 Å². The van der Waals surface area contributed by atoms with Crippen molar-refractivity contribution in [1.82, 2.24) is 0 Å². The number of carbonyl (C=O) groups excluding carboxylic acids is 3. The van der Waals surface area contributed by atoms with E-state index in [1.165, 1.54) is 0 Å². The summed E-state index contributed by atoms with van der Waals surface area (Å²) >= 11 is 0. The molecule has 4 fully saturated rings. The Hall–Kier alpha value is -1.93. The molecule has 0 aromatic rings. The van der Waals surface area contributed by atoms with Crippen LogP contribution in [0.15, 0.2) is 12.2 Å². The predicted molar refractivity (Wildman–Crippen MR) is 168 cm³/mol. The van der Waals surface area contributed by atoms with Crippen LogP contribution in [0.1, 0.15) is 137 Å². The highest BCUT2D eigenvalue weighted by Gasteiger charge is 2.68. The molecular formula is C36H58O8. The van der Waals surface area contributed by atoms with Crippen LogP contribution in [0, 0.1) is 23.7 Å². The molecule has 1 aliphatic carbocycles. The second-order valence-electron chi connectivity index (χ2n) is 14.5. The van der Waals surface area contributed by atoms with Gasteiger partial charge in [-0.25, -0.2) is 0 Å². The highest BCUT2D eigenvalue weighted by molar-refractivity contribution is 5.74. The highest BCUT2D eigenvalue weighted by atomic mass is 16.6. The Labute approximate surface area is 265 Å². The second kappa shape index (κ2) is 15.1. The number of hydrogen-bond acceptors (Lipinski definition) is 8. The van der Waals surface area contributed by atoms with E-state index in [2.05, 4.69) is 20.4 Å². The fourth-order valence-corrected chi connectivity index (χ4v) is 8.45. The molecule has 0 amide bonds. The van der Waals surface area contributed by atoms with Crippen LogP contribution >= 0.6 is 0 Å². The summed E-state index contributed by atoms with van der Waals surface area (Å²) in [6, 6.07) is 0. The van der Waals surface area contributed by atoms with E-state index in [0.29, 0.717) is 31.3 Å². The summed E-state index contributed by atoms with van der Waals surface area (Å²) in [5.74, 6) is -1.82. The van der Waals surface area contributed by atoms with Crippen LogP contribution in [0.4, 0.5) is 0 Å². The summed E-state index contributed by atoms with van der Waals surface area (Å²) < 4.78 is 25.5. The van der Waals surface area contributed by atoms with Crippen molar-refractivity contribution in [2.24, 2.45) is 23.7 Å². The molecule has 0 unspecified atom stereocenters. The third kappa shape index (κ3) is 7.71. The monoisotopic (exact) mass is 618 g/mol. The molecule has 2 bridgehead atoms. The molecule has 4 aliphatic rings. The van der Waals surface area contributed by atoms with Gasteiger partial charge >= 0.3 is 17.9 Å². The van der Waals surface area contributed by atoms with Crippen molar-refractivity contribution in [2.45, 2.75) is 173 Å². The molecule has 4 rings (SSSR count). The number of esters is 3. The Morgan fingerprint density at radius 1 is 0.955 bits per heavy atom. The zero-order valence-electron chi connectivity index (χ0n) is 27.9. The van der Waals surface area contributed by atoms with Gasteiger partial charge in [-0.2, -0.15) is 0 Å². The summed E-state index contributed by atoms with van der Waals surface area (Å²) in [6.07, 6.45) is 9.83. The lowest BCUT2D eigenvalue weighted by molar-refractivity contribution is -0.210. The molecule has 1 saturated carbocycles. The number of ether oxygens (including phenoxy) is 4. The van der Waals surface area contributed by atoms with E-state index in [4.69, 9.17) is 18.9 Å². The van der Waals surface area contributed by atoms with Gasteiger partial charge in [0.2, 0.25) is 0 Å². The molecule has 44 heavy (non-hydrogen) atoms. The SMILES string of the molecule is C=C1C[C@@H]2O[C@H]3[C@H]4[C@@H](CC[C@@](C)(O)[C@H]42)[C@@H](C)C(=O)O[C@@]3(C)[C@H](OC(=O)CCCCCCC)C[C@H]1OC(=O)CCCCCCC. The number of rotatable bonds is 14. The minimum atomic E-state index is -1.32. The van der Waals surface area contributed by atoms with Crippen LogP contribution in [-0.4, -0.2) is 58.6 Å². The zero-order chi connectivity index (χ0) is 32.1. The van der Waals surface area contributed by atoms with Gasteiger partial charge in [0.1, 0.15) is 18.3 Å². The first-order valence-corrected chi connectivity index (χ1v) is 17.6. The third-order valence-electron chi connectivity index (χ3n) is 11.1. The van der Waals surface area contributed by atoms with Crippen LogP contribution in [-0.2, 0) is 33.3 Å². The fraction of sp³-hybridized carbons (Fsp3) is 0.861. The van der Waals surface area contributed by atoms with Gasteiger partial charge < -0.3 is 24.1 Å². The Morgan fingerprint density at radius 2 is 1.55 bits per heavy atom. The average molecular weight is 619 g/mol. The fourth-order valence-electron chi connectivity index (χ4n) is 8.45. The number of aliphatic hydroxyl groups is 1. The van der Waals surface area contributed by atoms with Gasteiger partial charge in [-0.1, -0.05) is 78.7 Å². The normalized spacial score (nSPS) is 38.1. The molecule has 8 heteroatoms. The smallest absolute Gasteiger partial charge is 0.309 e. The first-order chi connectivity index (χ1) is 20.9. The Balaban J connectivity index is 1.64. The molecule has 0 radical (unpaired) electrons. The Bertz CT molecular complexity index is 1020. The maximum atomic E-state index is 13.6. The average Bonchev–Trinajstić information content (AvgIpc) is 3.34. The predicted octanol–water partition coefficient (Wildman–Crippen LogP) is 6.99. The van der Waals surface area contributed by atoms with Gasteiger partial charge in [-0.05, 0) is 57.4 Å². The largest absolute Gasteiger partial charge is 0.458 e. The Kier molecular flexibility index (Phi) is 12.0. The molecule has 0 aromatic heterocycles. The van der Waals surface area contributed by atoms with Gasteiger partial charge in [0, 0.05) is 31.1 Å². The maximum Gasteiger partial charge on any atom is 0.309 e. The summed E-state index contributed by atoms with van der Waals surface area (Å²) in [5.41, 5.74) is -1.66. The first-order valence-electron chi connectivity index (χ1n) is 17.6. The molecular weight excluding hydrogens is 560 g/mol. The molecule has 3 heterocycles. The van der Waals surface area contributed by atoms with E-state index in [0.717, 1.165) is 64.2 Å². The first kappa shape index (κ1) is 34.9. The third-order valence-corrected chi connectivity index (χ3v) is 11.1. The van der Waals surface area contributed by atoms with Crippen molar-refractivity contribution in [3.05, 3.63) is 12.2 Å². The number of hydrogen-bond donors (Lipinski definition) is 1. The van der Waals surface area contributed by atoms with Crippen LogP contribution in [0.2, 0.25) is 0 Å². The molecule has 0 spiro atoms. The molecule has 3 saturated heterocycles. The lowest BCUT2D eigenvalue weighted by atomic mass is 9.58. The number of unbranched alkanes of at least 4 members (excludes halogenated alkanes) is 8. The van der Waals surface area contributed by atoms with E-state index < -0.39 is 29.5 Å². The van der Waals surface area contributed by atoms with Gasteiger partial charge in [-0.15, -0.1) is 0 Å². The van der Waals surface area contributed by atoms with E-state index in [1.807, 2.05) is 20.8 Å². The van der Waals surface area contributed by atoms with Crippen LogP contribution in [0.25, 0.3) is 0 Å². The minimum absolute atomic E-state index is 0.0199. The summed E-state index contributed by atoms with van der Waals surface area (Å²) in [6.45, 7) is 14.2. The molecule has 250 valence electrons. The van der Waals surface area contributed by atoms with Crippen molar-refractivity contribution in [3.63, 3.8) is 0 Å². The molecule has 3 aliphatic heterocycles. The van der Waals surface area contributed by atoms with Gasteiger partial charge in [-0.3, -0.25) is 14.4 Å². The number of carbonyl (C=O) groups is 3. The van der Waals surface area contributed by atoms with Crippen molar-refractivity contribution in [1.29, 1.82) is 0 Å². The summed E-state index contributed by atoms with van der Waals surface area (Å²) in [4.78, 5) is 40.0.